The molecule has 5 heteroatoms. The molecule has 0 N–H and O–H groups in total. The van der Waals surface area contributed by atoms with Gasteiger partial charge in [-0.3, -0.25) is 9.78 Å². The Bertz CT molecular complexity index is 1100. The second kappa shape index (κ2) is 5.52. The van der Waals surface area contributed by atoms with E-state index in [9.17, 15) is 14.4 Å². The highest BCUT2D eigenvalue weighted by molar-refractivity contribution is 5.86. The van der Waals surface area contributed by atoms with Gasteiger partial charge in [0.15, 0.2) is 0 Å². The van der Waals surface area contributed by atoms with Gasteiger partial charge in [-0.05, 0) is 56.5 Å². The Kier molecular flexibility index (Phi) is 3.43. The van der Waals surface area contributed by atoms with Gasteiger partial charge in [-0.1, -0.05) is 0 Å². The molecule has 1 aliphatic rings. The Hall–Kier alpha value is -3.00. The van der Waals surface area contributed by atoms with E-state index in [1.165, 1.54) is 6.07 Å². The minimum absolute atomic E-state index is 0.0575. The van der Waals surface area contributed by atoms with Crippen molar-refractivity contribution in [1.82, 2.24) is 9.55 Å². The van der Waals surface area contributed by atoms with Crippen molar-refractivity contribution in [3.8, 4) is 17.2 Å². The van der Waals surface area contributed by atoms with Gasteiger partial charge in [0.25, 0.3) is 0 Å². The lowest BCUT2D eigenvalue weighted by molar-refractivity contribution is 0.632. The van der Waals surface area contributed by atoms with Gasteiger partial charge in [-0.2, -0.15) is 5.26 Å². The summed E-state index contributed by atoms with van der Waals surface area (Å²) in [6.07, 6.45) is 3.61. The first-order valence-corrected chi connectivity index (χ1v) is 8.22. The van der Waals surface area contributed by atoms with E-state index in [0.717, 1.165) is 29.8 Å². The molecule has 0 amide bonds. The maximum atomic E-state index is 14.8. The van der Waals surface area contributed by atoms with Crippen LogP contribution in [-0.2, 0) is 0 Å². The maximum Gasteiger partial charge on any atom is 0.207 e. The standard InChI is InChI=1S/C20H16FN3O/c1-11-5-13(6-12(2)23-11)16-8-19-17(7-18(16)21)20(25)14(9-22)10-24(19)15-3-4-15/h5-8,10,15H,3-4H2,1-2H3/i9+1. The highest BCUT2D eigenvalue weighted by atomic mass is 19.1. The van der Waals surface area contributed by atoms with Gasteiger partial charge in [0.1, 0.15) is 17.4 Å². The molecule has 4 rings (SSSR count). The second-order valence-corrected chi connectivity index (χ2v) is 6.61. The zero-order chi connectivity index (χ0) is 17.7. The molecule has 0 aliphatic heterocycles. The van der Waals surface area contributed by atoms with Crippen LogP contribution in [0, 0.1) is 31.0 Å². The topological polar surface area (TPSA) is 58.7 Å². The molecule has 124 valence electrons. The first-order chi connectivity index (χ1) is 12.0. The predicted molar refractivity (Wildman–Crippen MR) is 93.9 cm³/mol. The third-order valence-corrected chi connectivity index (χ3v) is 4.57. The third kappa shape index (κ3) is 2.60. The van der Waals surface area contributed by atoms with Gasteiger partial charge in [-0.15, -0.1) is 0 Å². The molecular weight excluding hydrogens is 318 g/mol. The normalized spacial score (nSPS) is 13.8. The average Bonchev–Trinajstić information content (AvgIpc) is 3.39. The van der Waals surface area contributed by atoms with Crippen LogP contribution < -0.4 is 5.43 Å². The summed E-state index contributed by atoms with van der Waals surface area (Å²) in [5.41, 5.74) is 3.13. The largest absolute Gasteiger partial charge is 0.343 e. The second-order valence-electron chi connectivity index (χ2n) is 6.61. The quantitative estimate of drug-likeness (QED) is 0.665. The molecule has 1 aromatic carbocycles. The van der Waals surface area contributed by atoms with Crippen LogP contribution in [0.4, 0.5) is 4.39 Å². The molecular formula is C20H16FN3O. The number of halogens is 1. The number of fused-ring (bicyclic) bond motifs is 1. The van der Waals surface area contributed by atoms with Gasteiger partial charge in [0, 0.05) is 34.6 Å². The molecule has 1 saturated carbocycles. The summed E-state index contributed by atoms with van der Waals surface area (Å²) in [6, 6.07) is 8.85. The summed E-state index contributed by atoms with van der Waals surface area (Å²) in [6.45, 7) is 3.74. The number of rotatable bonds is 2. The monoisotopic (exact) mass is 334 g/mol. The minimum Gasteiger partial charge on any atom is -0.343 e. The van der Waals surface area contributed by atoms with Crippen LogP contribution in [-0.4, -0.2) is 9.55 Å². The molecule has 2 aromatic heterocycles. The van der Waals surface area contributed by atoms with Crippen LogP contribution >= 0.6 is 0 Å². The van der Waals surface area contributed by atoms with Crippen molar-refractivity contribution >= 4 is 10.9 Å². The summed E-state index contributed by atoms with van der Waals surface area (Å²) >= 11 is 0. The predicted octanol–water partition coefficient (Wildman–Crippen LogP) is 4.03. The number of hydrogen-bond donors (Lipinski definition) is 0. The van der Waals surface area contributed by atoms with Crippen LogP contribution in [0.3, 0.4) is 0 Å². The lowest BCUT2D eigenvalue weighted by atomic mass is 10.0. The Balaban J connectivity index is 2.05. The summed E-state index contributed by atoms with van der Waals surface area (Å²) < 4.78 is 16.7. The molecule has 0 bridgehead atoms. The summed E-state index contributed by atoms with van der Waals surface area (Å²) in [5, 5.41) is 9.46. The van der Waals surface area contributed by atoms with E-state index >= 15 is 0 Å². The summed E-state index contributed by atoms with van der Waals surface area (Å²) in [7, 11) is 0. The fourth-order valence-electron chi connectivity index (χ4n) is 3.32. The van der Waals surface area contributed by atoms with Gasteiger partial charge in [0.2, 0.25) is 5.43 Å². The third-order valence-electron chi connectivity index (χ3n) is 4.57. The van der Waals surface area contributed by atoms with E-state index in [1.54, 1.807) is 12.3 Å². The van der Waals surface area contributed by atoms with Gasteiger partial charge < -0.3 is 4.57 Å². The number of aromatic nitrogens is 2. The smallest absolute Gasteiger partial charge is 0.207 e. The van der Waals surface area contributed by atoms with Crippen molar-refractivity contribution < 1.29 is 4.39 Å². The first kappa shape index (κ1) is 15.5. The van der Waals surface area contributed by atoms with E-state index in [2.05, 4.69) is 4.98 Å². The number of hydrogen-bond acceptors (Lipinski definition) is 3. The van der Waals surface area contributed by atoms with Crippen molar-refractivity contribution in [2.24, 2.45) is 0 Å². The Morgan fingerprint density at radius 3 is 2.48 bits per heavy atom. The fraction of sp³-hybridized carbons (Fsp3) is 0.250. The van der Waals surface area contributed by atoms with Crippen molar-refractivity contribution in [3.63, 3.8) is 0 Å². The number of pyridine rings is 2. The van der Waals surface area contributed by atoms with Gasteiger partial charge >= 0.3 is 0 Å². The highest BCUT2D eigenvalue weighted by Crippen LogP contribution is 2.38. The van der Waals surface area contributed by atoms with E-state index in [1.807, 2.05) is 36.6 Å². The number of nitriles is 1. The van der Waals surface area contributed by atoms with Crippen LogP contribution in [0.2, 0.25) is 0 Å². The SMILES string of the molecule is Cc1cc(-c2cc3c(cc2F)c(=O)c([13C]#N)cn3C2CC2)cc(C)n1. The molecule has 0 unspecified atom stereocenters. The van der Waals surface area contributed by atoms with Gasteiger partial charge in [-0.25, -0.2) is 4.39 Å². The van der Waals surface area contributed by atoms with Crippen molar-refractivity contribution in [2.45, 2.75) is 32.7 Å². The highest BCUT2D eigenvalue weighted by Gasteiger charge is 2.26. The van der Waals surface area contributed by atoms with Crippen molar-refractivity contribution in [3.05, 3.63) is 63.5 Å². The number of aryl methyl sites for hydroxylation is 2. The lowest BCUT2D eigenvalue weighted by Gasteiger charge is -2.13. The zero-order valence-corrected chi connectivity index (χ0v) is 14.0. The molecule has 2 heterocycles. The summed E-state index contributed by atoms with van der Waals surface area (Å²) in [4.78, 5) is 16.8. The molecule has 25 heavy (non-hydrogen) atoms. The fourth-order valence-corrected chi connectivity index (χ4v) is 3.32. The van der Waals surface area contributed by atoms with Crippen molar-refractivity contribution in [2.75, 3.05) is 0 Å². The Morgan fingerprint density at radius 1 is 1.20 bits per heavy atom. The van der Waals surface area contributed by atoms with E-state index in [4.69, 9.17) is 0 Å². The van der Waals surface area contributed by atoms with E-state index in [-0.39, 0.29) is 17.0 Å². The Labute approximate surface area is 144 Å². The van der Waals surface area contributed by atoms with Crippen LogP contribution in [0.5, 0.6) is 0 Å². The first-order valence-electron chi connectivity index (χ1n) is 8.22. The van der Waals surface area contributed by atoms with Crippen LogP contribution in [0.15, 0.2) is 35.3 Å². The molecule has 0 saturated heterocycles. The molecule has 3 aromatic rings. The van der Waals surface area contributed by atoms with E-state index in [0.29, 0.717) is 11.1 Å². The molecule has 1 aliphatic carbocycles. The molecule has 4 nitrogen and oxygen atoms in total. The van der Waals surface area contributed by atoms with Crippen LogP contribution in [0.1, 0.15) is 35.8 Å². The van der Waals surface area contributed by atoms with Gasteiger partial charge in [0.05, 0.1) is 5.52 Å². The minimum atomic E-state index is -0.466. The summed E-state index contributed by atoms with van der Waals surface area (Å²) in [5.74, 6) is -0.466. The molecule has 0 atom stereocenters. The van der Waals surface area contributed by atoms with Crippen LogP contribution in [0.25, 0.3) is 22.0 Å². The zero-order valence-electron chi connectivity index (χ0n) is 14.0. The molecule has 0 spiro atoms. The van der Waals surface area contributed by atoms with Crippen molar-refractivity contribution in [1.29, 1.82) is 5.26 Å². The number of nitrogens with zero attached hydrogens (tertiary/aromatic N) is 3. The molecule has 0 radical (unpaired) electrons. The van der Waals surface area contributed by atoms with E-state index < -0.39 is 11.2 Å². The molecule has 1 fully saturated rings. The Morgan fingerprint density at radius 2 is 1.88 bits per heavy atom. The lowest BCUT2D eigenvalue weighted by Crippen LogP contribution is -2.13. The maximum absolute atomic E-state index is 14.8. The number of benzene rings is 1. The average molecular weight is 334 g/mol.